The maximum Gasteiger partial charge on any atom is 0.146 e. The van der Waals surface area contributed by atoms with Crippen LogP contribution in [0.2, 0.25) is 0 Å². The maximum absolute atomic E-state index is 5.88. The summed E-state index contributed by atoms with van der Waals surface area (Å²) in [6, 6.07) is 2.15. The number of hydrogen-bond donors (Lipinski definition) is 1. The van der Waals surface area contributed by atoms with Crippen LogP contribution in [0.4, 0.5) is 11.5 Å². The first-order valence-corrected chi connectivity index (χ1v) is 6.21. The minimum Gasteiger partial charge on any atom is -0.382 e. The number of aryl methyl sites for hydroxylation is 1. The summed E-state index contributed by atoms with van der Waals surface area (Å²) in [6.07, 6.45) is 3.26. The summed E-state index contributed by atoms with van der Waals surface area (Å²) in [5.74, 6) is 2.56. The molecule has 1 aliphatic heterocycles. The van der Waals surface area contributed by atoms with Crippen LogP contribution in [0.1, 0.15) is 25.8 Å². The minimum atomic E-state index is 0.678. The number of hydrogen-bond acceptors (Lipinski definition) is 3. The molecule has 3 heteroatoms. The highest BCUT2D eigenvalue weighted by atomic mass is 15.2. The highest BCUT2D eigenvalue weighted by Crippen LogP contribution is 2.46. The molecule has 2 atom stereocenters. The molecule has 88 valence electrons. The van der Waals surface area contributed by atoms with E-state index in [0.29, 0.717) is 5.82 Å². The monoisotopic (exact) mass is 219 g/mol. The van der Waals surface area contributed by atoms with Crippen molar-refractivity contribution in [3.05, 3.63) is 17.8 Å². The SMILES string of the molecule is CC.Cc1cnc(N)c(N2CC3CC3C2)c1. The molecule has 1 saturated carbocycles. The predicted molar refractivity (Wildman–Crippen MR) is 68.5 cm³/mol. The van der Waals surface area contributed by atoms with Gasteiger partial charge in [-0.15, -0.1) is 0 Å². The molecule has 2 N–H and O–H groups in total. The lowest BCUT2D eigenvalue weighted by atomic mass is 10.2. The van der Waals surface area contributed by atoms with Crippen molar-refractivity contribution >= 4 is 11.5 Å². The van der Waals surface area contributed by atoms with Gasteiger partial charge in [0.25, 0.3) is 0 Å². The lowest BCUT2D eigenvalue weighted by Crippen LogP contribution is -2.23. The summed E-state index contributed by atoms with van der Waals surface area (Å²) in [6.45, 7) is 8.42. The van der Waals surface area contributed by atoms with E-state index >= 15 is 0 Å². The summed E-state index contributed by atoms with van der Waals surface area (Å²) in [7, 11) is 0. The molecule has 0 amide bonds. The van der Waals surface area contributed by atoms with E-state index in [9.17, 15) is 0 Å². The van der Waals surface area contributed by atoms with Gasteiger partial charge >= 0.3 is 0 Å². The topological polar surface area (TPSA) is 42.1 Å². The number of fused-ring (bicyclic) bond motifs is 1. The molecule has 1 aromatic rings. The zero-order valence-electron chi connectivity index (χ0n) is 10.4. The van der Waals surface area contributed by atoms with Crippen LogP contribution in [0.5, 0.6) is 0 Å². The fraction of sp³-hybridized carbons (Fsp3) is 0.615. The summed E-state index contributed by atoms with van der Waals surface area (Å²) < 4.78 is 0. The van der Waals surface area contributed by atoms with E-state index in [1.54, 1.807) is 0 Å². The van der Waals surface area contributed by atoms with Gasteiger partial charge in [0.05, 0.1) is 5.69 Å². The molecule has 16 heavy (non-hydrogen) atoms. The van der Waals surface area contributed by atoms with Gasteiger partial charge in [-0.05, 0) is 36.8 Å². The summed E-state index contributed by atoms with van der Waals surface area (Å²) in [5.41, 5.74) is 8.20. The highest BCUT2D eigenvalue weighted by molar-refractivity contribution is 5.65. The second-order valence-electron chi connectivity index (χ2n) is 4.58. The van der Waals surface area contributed by atoms with Crippen LogP contribution in [-0.2, 0) is 0 Å². The smallest absolute Gasteiger partial charge is 0.146 e. The number of nitrogens with two attached hydrogens (primary N) is 1. The van der Waals surface area contributed by atoms with Crippen LogP contribution >= 0.6 is 0 Å². The summed E-state index contributed by atoms with van der Waals surface area (Å²) in [5, 5.41) is 0. The van der Waals surface area contributed by atoms with Crippen LogP contribution in [-0.4, -0.2) is 18.1 Å². The van der Waals surface area contributed by atoms with Crippen molar-refractivity contribution < 1.29 is 0 Å². The number of anilines is 2. The van der Waals surface area contributed by atoms with E-state index in [4.69, 9.17) is 5.73 Å². The van der Waals surface area contributed by atoms with Gasteiger partial charge in [0.1, 0.15) is 5.82 Å². The molecule has 2 heterocycles. The summed E-state index contributed by atoms with van der Waals surface area (Å²) >= 11 is 0. The Labute approximate surface area is 97.7 Å². The molecule has 0 radical (unpaired) electrons. The summed E-state index contributed by atoms with van der Waals surface area (Å²) in [4.78, 5) is 6.58. The molecule has 0 aromatic carbocycles. The molecule has 3 nitrogen and oxygen atoms in total. The Kier molecular flexibility index (Phi) is 3.03. The Hall–Kier alpha value is -1.25. The van der Waals surface area contributed by atoms with Crippen molar-refractivity contribution in [2.45, 2.75) is 27.2 Å². The third-order valence-electron chi connectivity index (χ3n) is 3.35. The van der Waals surface area contributed by atoms with E-state index < -0.39 is 0 Å². The van der Waals surface area contributed by atoms with Crippen molar-refractivity contribution in [3.8, 4) is 0 Å². The molecule has 2 aliphatic rings. The predicted octanol–water partition coefficient (Wildman–Crippen LogP) is 2.45. The Morgan fingerprint density at radius 2 is 1.94 bits per heavy atom. The van der Waals surface area contributed by atoms with Gasteiger partial charge in [-0.25, -0.2) is 4.98 Å². The third-order valence-corrected chi connectivity index (χ3v) is 3.35. The molecule has 0 bridgehead atoms. The first-order valence-electron chi connectivity index (χ1n) is 6.21. The van der Waals surface area contributed by atoms with E-state index in [1.807, 2.05) is 20.0 Å². The molecule has 2 unspecified atom stereocenters. The van der Waals surface area contributed by atoms with E-state index in [2.05, 4.69) is 22.9 Å². The lowest BCUT2D eigenvalue weighted by Gasteiger charge is -2.21. The lowest BCUT2D eigenvalue weighted by molar-refractivity contribution is 0.818. The van der Waals surface area contributed by atoms with Gasteiger partial charge in [0.2, 0.25) is 0 Å². The van der Waals surface area contributed by atoms with Gasteiger partial charge in [-0.2, -0.15) is 0 Å². The van der Waals surface area contributed by atoms with Gasteiger partial charge < -0.3 is 10.6 Å². The molecule has 1 saturated heterocycles. The van der Waals surface area contributed by atoms with Gasteiger partial charge in [-0.3, -0.25) is 0 Å². The fourth-order valence-electron chi connectivity index (χ4n) is 2.41. The van der Waals surface area contributed by atoms with E-state index in [0.717, 1.165) is 17.5 Å². The number of nitrogen functional groups attached to an aromatic ring is 1. The Balaban J connectivity index is 0.000000457. The van der Waals surface area contributed by atoms with Gasteiger partial charge in [0.15, 0.2) is 0 Å². The first-order chi connectivity index (χ1) is 7.74. The first kappa shape index (κ1) is 11.2. The molecule has 0 spiro atoms. The Morgan fingerprint density at radius 1 is 1.31 bits per heavy atom. The third kappa shape index (κ3) is 1.99. The van der Waals surface area contributed by atoms with Crippen molar-refractivity contribution in [1.82, 2.24) is 4.98 Å². The average molecular weight is 219 g/mol. The highest BCUT2D eigenvalue weighted by Gasteiger charge is 2.45. The molecule has 1 aliphatic carbocycles. The zero-order chi connectivity index (χ0) is 11.7. The molecule has 1 aromatic heterocycles. The van der Waals surface area contributed by atoms with Gasteiger partial charge in [0, 0.05) is 19.3 Å². The fourth-order valence-corrected chi connectivity index (χ4v) is 2.41. The van der Waals surface area contributed by atoms with Crippen LogP contribution in [0.3, 0.4) is 0 Å². The Morgan fingerprint density at radius 3 is 2.56 bits per heavy atom. The van der Waals surface area contributed by atoms with Crippen LogP contribution < -0.4 is 10.6 Å². The normalized spacial score (nSPS) is 25.8. The van der Waals surface area contributed by atoms with Crippen molar-refractivity contribution in [3.63, 3.8) is 0 Å². The average Bonchev–Trinajstić information content (AvgIpc) is 2.92. The number of nitrogens with zero attached hydrogens (tertiary/aromatic N) is 2. The van der Waals surface area contributed by atoms with E-state index in [1.165, 1.54) is 25.1 Å². The number of aromatic nitrogens is 1. The number of piperidine rings is 1. The number of pyridine rings is 1. The zero-order valence-corrected chi connectivity index (χ0v) is 10.4. The molecule has 3 rings (SSSR count). The minimum absolute atomic E-state index is 0.678. The van der Waals surface area contributed by atoms with Crippen LogP contribution in [0.15, 0.2) is 12.3 Å². The standard InChI is InChI=1S/C11H15N3.C2H6/c1-7-2-10(11(12)13-4-7)14-5-8-3-9(8)6-14;1-2/h2,4,8-9H,3,5-6H2,1H3,(H2,12,13);1-2H3. The van der Waals surface area contributed by atoms with Crippen LogP contribution in [0, 0.1) is 18.8 Å². The Bertz CT molecular complexity index is 365. The second kappa shape index (κ2) is 4.32. The maximum atomic E-state index is 5.88. The molecular formula is C13H21N3. The molecular weight excluding hydrogens is 198 g/mol. The van der Waals surface area contributed by atoms with Crippen molar-refractivity contribution in [1.29, 1.82) is 0 Å². The molecule has 2 fully saturated rings. The number of rotatable bonds is 1. The van der Waals surface area contributed by atoms with Gasteiger partial charge in [-0.1, -0.05) is 13.8 Å². The van der Waals surface area contributed by atoms with E-state index in [-0.39, 0.29) is 0 Å². The second-order valence-corrected chi connectivity index (χ2v) is 4.58. The quantitative estimate of drug-likeness (QED) is 0.789. The van der Waals surface area contributed by atoms with Crippen LogP contribution in [0.25, 0.3) is 0 Å². The largest absolute Gasteiger partial charge is 0.382 e. The van der Waals surface area contributed by atoms with Crippen molar-refractivity contribution in [2.24, 2.45) is 11.8 Å². The van der Waals surface area contributed by atoms with Crippen molar-refractivity contribution in [2.75, 3.05) is 23.7 Å².